The van der Waals surface area contributed by atoms with Crippen molar-refractivity contribution in [3.63, 3.8) is 0 Å². The lowest BCUT2D eigenvalue weighted by atomic mass is 9.64. The van der Waals surface area contributed by atoms with E-state index in [2.05, 4.69) is 45.4 Å². The van der Waals surface area contributed by atoms with Crippen LogP contribution >= 0.6 is 0 Å². The first-order valence-corrected chi connectivity index (χ1v) is 10.7. The molecule has 0 saturated carbocycles. The van der Waals surface area contributed by atoms with Gasteiger partial charge in [0.15, 0.2) is 0 Å². The molecule has 2 aliphatic heterocycles. The number of carbonyl (C=O) groups is 2. The van der Waals surface area contributed by atoms with Gasteiger partial charge in [-0.05, 0) is 29.7 Å². The Hall–Kier alpha value is -3.93. The number of allylic oxidation sites excluding steroid dienone is 3. The van der Waals surface area contributed by atoms with Gasteiger partial charge in [-0.2, -0.15) is 0 Å². The summed E-state index contributed by atoms with van der Waals surface area (Å²) in [6.07, 6.45) is 9.60. The summed E-state index contributed by atoms with van der Waals surface area (Å²) >= 11 is 0. The second kappa shape index (κ2) is 7.64. The van der Waals surface area contributed by atoms with Gasteiger partial charge in [0.2, 0.25) is 17.8 Å². The maximum absolute atomic E-state index is 13.3. The van der Waals surface area contributed by atoms with Crippen molar-refractivity contribution in [2.75, 3.05) is 5.32 Å². The molecule has 3 aliphatic rings. The number of benzene rings is 2. The molecule has 6 heteroatoms. The topological polar surface area (TPSA) is 86.9 Å². The summed E-state index contributed by atoms with van der Waals surface area (Å²) in [6, 6.07) is 13.8. The monoisotopic (exact) mass is 424 g/mol. The Kier molecular flexibility index (Phi) is 4.78. The van der Waals surface area contributed by atoms with Gasteiger partial charge in [-0.3, -0.25) is 14.9 Å². The van der Waals surface area contributed by atoms with Crippen molar-refractivity contribution < 1.29 is 9.59 Å². The fourth-order valence-corrected chi connectivity index (χ4v) is 4.67. The first-order valence-electron chi connectivity index (χ1n) is 10.7. The largest absolute Gasteiger partial charge is 0.348 e. The third-order valence-electron chi connectivity index (χ3n) is 6.51. The van der Waals surface area contributed by atoms with Crippen LogP contribution in [0.5, 0.6) is 0 Å². The van der Waals surface area contributed by atoms with E-state index in [1.807, 2.05) is 49.4 Å². The number of amides is 2. The van der Waals surface area contributed by atoms with Gasteiger partial charge in [0, 0.05) is 11.8 Å². The van der Waals surface area contributed by atoms with E-state index >= 15 is 0 Å². The number of aromatic nitrogens is 2. The average molecular weight is 425 g/mol. The number of aromatic amines is 1. The van der Waals surface area contributed by atoms with E-state index in [9.17, 15) is 9.59 Å². The van der Waals surface area contributed by atoms with Crippen LogP contribution < -0.4 is 10.6 Å². The Morgan fingerprint density at radius 3 is 2.88 bits per heavy atom. The first kappa shape index (κ1) is 20.0. The van der Waals surface area contributed by atoms with Gasteiger partial charge in [0.1, 0.15) is 0 Å². The van der Waals surface area contributed by atoms with E-state index in [1.165, 1.54) is 0 Å². The van der Waals surface area contributed by atoms with Gasteiger partial charge in [-0.1, -0.05) is 73.3 Å². The maximum atomic E-state index is 13.3. The van der Waals surface area contributed by atoms with Crippen LogP contribution in [-0.2, 0) is 9.59 Å². The second-order valence-corrected chi connectivity index (χ2v) is 8.54. The molecule has 32 heavy (non-hydrogen) atoms. The maximum Gasteiger partial charge on any atom is 0.235 e. The summed E-state index contributed by atoms with van der Waals surface area (Å²) in [5.41, 5.74) is 1.92. The molecule has 3 aromatic rings. The zero-order valence-electron chi connectivity index (χ0n) is 17.8. The molecule has 1 aromatic heterocycles. The standard InChI is InChI=1S/C26H24N4O2/c1-3-4-8-17-13-22-26(2,14-20(17)23(31)29-22)24(32)30-25-27-15-21(28-25)19-12-7-10-16-9-5-6-11-18(16)19/h3-13,15,20,22H,1,14H2,2H3,(H,29,31)(H2,27,28,30,32)/b8-4-. The molecule has 1 aliphatic carbocycles. The minimum absolute atomic E-state index is 0.0391. The van der Waals surface area contributed by atoms with Crippen LogP contribution in [0.4, 0.5) is 5.95 Å². The number of piperidine rings is 1. The van der Waals surface area contributed by atoms with Gasteiger partial charge >= 0.3 is 0 Å². The molecule has 3 unspecified atom stereocenters. The summed E-state index contributed by atoms with van der Waals surface area (Å²) in [6.45, 7) is 5.57. The van der Waals surface area contributed by atoms with Gasteiger partial charge < -0.3 is 10.3 Å². The van der Waals surface area contributed by atoms with E-state index < -0.39 is 5.41 Å². The number of fused-ring (bicyclic) bond motifs is 3. The Morgan fingerprint density at radius 2 is 2.06 bits per heavy atom. The number of nitrogens with zero attached hydrogens (tertiary/aromatic N) is 1. The molecule has 6 rings (SSSR count). The van der Waals surface area contributed by atoms with Crippen molar-refractivity contribution in [3.05, 3.63) is 85.1 Å². The second-order valence-electron chi connectivity index (χ2n) is 8.54. The summed E-state index contributed by atoms with van der Waals surface area (Å²) in [4.78, 5) is 33.4. The van der Waals surface area contributed by atoms with Crippen LogP contribution in [-0.4, -0.2) is 27.8 Å². The smallest absolute Gasteiger partial charge is 0.235 e. The quantitative estimate of drug-likeness (QED) is 0.532. The highest BCUT2D eigenvalue weighted by molar-refractivity contribution is 5.99. The highest BCUT2D eigenvalue weighted by Crippen LogP contribution is 2.44. The van der Waals surface area contributed by atoms with Gasteiger partial charge in [-0.15, -0.1) is 0 Å². The van der Waals surface area contributed by atoms with Gasteiger partial charge in [-0.25, -0.2) is 4.98 Å². The van der Waals surface area contributed by atoms with Crippen molar-refractivity contribution >= 4 is 28.5 Å². The van der Waals surface area contributed by atoms with Crippen molar-refractivity contribution in [1.29, 1.82) is 0 Å². The minimum atomic E-state index is -0.767. The lowest BCUT2D eigenvalue weighted by Crippen LogP contribution is -2.61. The SMILES string of the molecule is C=C/C=C\C1=CC2NC(=O)C1CC2(C)C(=O)Nc1nc(-c2cccc3ccccc23)c[nH]1. The average Bonchev–Trinajstić information content (AvgIpc) is 3.26. The number of H-pyrrole nitrogens is 1. The Bertz CT molecular complexity index is 1300. The van der Waals surface area contributed by atoms with E-state index in [0.717, 1.165) is 27.6 Å². The lowest BCUT2D eigenvalue weighted by Gasteiger charge is -2.46. The summed E-state index contributed by atoms with van der Waals surface area (Å²) in [5.74, 6) is -0.172. The molecule has 0 spiro atoms. The van der Waals surface area contributed by atoms with Crippen molar-refractivity contribution in [1.82, 2.24) is 15.3 Å². The molecule has 3 atom stereocenters. The molecular weight excluding hydrogens is 400 g/mol. The summed E-state index contributed by atoms with van der Waals surface area (Å²) in [7, 11) is 0. The molecule has 6 nitrogen and oxygen atoms in total. The molecule has 0 radical (unpaired) electrons. The third kappa shape index (κ3) is 3.24. The molecule has 3 heterocycles. The molecular formula is C26H24N4O2. The molecule has 1 saturated heterocycles. The van der Waals surface area contributed by atoms with E-state index in [-0.39, 0.29) is 23.8 Å². The third-order valence-corrected chi connectivity index (χ3v) is 6.51. The van der Waals surface area contributed by atoms with Crippen LogP contribution in [0.25, 0.3) is 22.0 Å². The van der Waals surface area contributed by atoms with Crippen LogP contribution in [0.1, 0.15) is 13.3 Å². The highest BCUT2D eigenvalue weighted by Gasteiger charge is 2.52. The predicted octanol–water partition coefficient (Wildman–Crippen LogP) is 4.36. The molecule has 2 amide bonds. The van der Waals surface area contributed by atoms with Crippen LogP contribution in [0.15, 0.2) is 85.1 Å². The fraction of sp³-hybridized carbons (Fsp3) is 0.192. The van der Waals surface area contributed by atoms with Crippen molar-refractivity contribution in [2.45, 2.75) is 19.4 Å². The Balaban J connectivity index is 1.39. The number of carbonyl (C=O) groups excluding carboxylic acids is 2. The fourth-order valence-electron chi connectivity index (χ4n) is 4.67. The zero-order valence-corrected chi connectivity index (χ0v) is 17.8. The molecule has 160 valence electrons. The number of rotatable bonds is 5. The van der Waals surface area contributed by atoms with Gasteiger partial charge in [0.25, 0.3) is 0 Å². The van der Waals surface area contributed by atoms with E-state index in [4.69, 9.17) is 0 Å². The number of anilines is 1. The molecule has 2 bridgehead atoms. The highest BCUT2D eigenvalue weighted by atomic mass is 16.2. The molecule has 3 N–H and O–H groups in total. The summed E-state index contributed by atoms with van der Waals surface area (Å²) < 4.78 is 0. The van der Waals surface area contributed by atoms with E-state index in [0.29, 0.717) is 12.4 Å². The number of imidazole rings is 1. The number of hydrogen-bond acceptors (Lipinski definition) is 3. The van der Waals surface area contributed by atoms with Crippen LogP contribution in [0.3, 0.4) is 0 Å². The molecule has 1 fully saturated rings. The van der Waals surface area contributed by atoms with Crippen molar-refractivity contribution in [3.8, 4) is 11.3 Å². The minimum Gasteiger partial charge on any atom is -0.348 e. The van der Waals surface area contributed by atoms with Crippen LogP contribution in [0, 0.1) is 11.3 Å². The van der Waals surface area contributed by atoms with Crippen molar-refractivity contribution in [2.24, 2.45) is 11.3 Å². The molecule has 2 aromatic carbocycles. The number of nitrogens with one attached hydrogen (secondary N) is 3. The Labute approximate surface area is 186 Å². The lowest BCUT2D eigenvalue weighted by molar-refractivity contribution is -0.136. The van der Waals surface area contributed by atoms with Gasteiger partial charge in [0.05, 0.1) is 23.1 Å². The van der Waals surface area contributed by atoms with E-state index in [1.54, 1.807) is 12.3 Å². The Morgan fingerprint density at radius 1 is 1.25 bits per heavy atom. The zero-order chi connectivity index (χ0) is 22.3. The predicted molar refractivity (Wildman–Crippen MR) is 126 cm³/mol. The number of hydrogen-bond donors (Lipinski definition) is 3. The van der Waals surface area contributed by atoms with Crippen LogP contribution in [0.2, 0.25) is 0 Å². The normalized spacial score (nSPS) is 24.4. The first-order chi connectivity index (χ1) is 15.5. The summed E-state index contributed by atoms with van der Waals surface area (Å²) in [5, 5.41) is 8.13.